The Hall–Kier alpha value is -0.610. The lowest BCUT2D eigenvalue weighted by molar-refractivity contribution is -0.136. The topological polar surface area (TPSA) is 55.6 Å². The number of nitrogens with zero attached hydrogens (tertiary/aromatic N) is 1. The molecule has 4 heteroatoms. The number of hydrogen-bond donors (Lipinski definition) is 1. The van der Waals surface area contributed by atoms with Gasteiger partial charge < -0.3 is 15.4 Å². The summed E-state index contributed by atoms with van der Waals surface area (Å²) in [6, 6.07) is -0.393. The Labute approximate surface area is 85.4 Å². The van der Waals surface area contributed by atoms with E-state index in [1.807, 2.05) is 11.8 Å². The van der Waals surface area contributed by atoms with Crippen molar-refractivity contribution in [3.63, 3.8) is 0 Å². The summed E-state index contributed by atoms with van der Waals surface area (Å²) in [5, 5.41) is 0. The molecule has 0 aliphatic carbocycles. The van der Waals surface area contributed by atoms with E-state index in [1.165, 1.54) is 0 Å². The quantitative estimate of drug-likeness (QED) is 0.715. The Morgan fingerprint density at radius 2 is 2.43 bits per heavy atom. The SMILES string of the molecule is CCOC1CCCN(C(=O)C(C)N)C1. The summed E-state index contributed by atoms with van der Waals surface area (Å²) in [5.41, 5.74) is 5.55. The van der Waals surface area contributed by atoms with Gasteiger partial charge in [0, 0.05) is 19.7 Å². The molecule has 1 heterocycles. The molecule has 1 rings (SSSR count). The van der Waals surface area contributed by atoms with Gasteiger partial charge in [-0.1, -0.05) is 0 Å². The molecule has 0 saturated carbocycles. The van der Waals surface area contributed by atoms with Crippen molar-refractivity contribution in [2.45, 2.75) is 38.8 Å². The van der Waals surface area contributed by atoms with E-state index in [2.05, 4.69) is 0 Å². The molecule has 1 aliphatic rings. The second-order valence-electron chi connectivity index (χ2n) is 3.79. The second kappa shape index (κ2) is 5.32. The third-order valence-corrected chi connectivity index (χ3v) is 2.48. The van der Waals surface area contributed by atoms with Crippen LogP contribution in [0, 0.1) is 0 Å². The Morgan fingerprint density at radius 3 is 3.00 bits per heavy atom. The highest BCUT2D eigenvalue weighted by atomic mass is 16.5. The number of hydrogen-bond acceptors (Lipinski definition) is 3. The number of ether oxygens (including phenoxy) is 1. The van der Waals surface area contributed by atoms with Gasteiger partial charge in [0.15, 0.2) is 0 Å². The molecule has 1 amide bonds. The lowest BCUT2D eigenvalue weighted by Gasteiger charge is -2.33. The maximum Gasteiger partial charge on any atom is 0.239 e. The lowest BCUT2D eigenvalue weighted by atomic mass is 10.1. The summed E-state index contributed by atoms with van der Waals surface area (Å²) in [6.45, 7) is 5.95. The summed E-state index contributed by atoms with van der Waals surface area (Å²) in [4.78, 5) is 13.4. The Balaban J connectivity index is 2.43. The van der Waals surface area contributed by atoms with Crippen molar-refractivity contribution in [2.75, 3.05) is 19.7 Å². The zero-order valence-corrected chi connectivity index (χ0v) is 9.03. The van der Waals surface area contributed by atoms with Crippen LogP contribution in [0.3, 0.4) is 0 Å². The molecule has 1 saturated heterocycles. The predicted octanol–water partition coefficient (Wildman–Crippen LogP) is 0.361. The minimum absolute atomic E-state index is 0.0365. The molecule has 2 atom stereocenters. The fraction of sp³-hybridized carbons (Fsp3) is 0.900. The van der Waals surface area contributed by atoms with Crippen molar-refractivity contribution >= 4 is 5.91 Å². The van der Waals surface area contributed by atoms with E-state index in [-0.39, 0.29) is 12.0 Å². The Morgan fingerprint density at radius 1 is 1.71 bits per heavy atom. The van der Waals surface area contributed by atoms with Crippen molar-refractivity contribution in [2.24, 2.45) is 5.73 Å². The summed E-state index contributed by atoms with van der Waals surface area (Å²) in [6.07, 6.45) is 2.27. The number of piperidine rings is 1. The molecule has 2 N–H and O–H groups in total. The van der Waals surface area contributed by atoms with Crippen molar-refractivity contribution in [3.05, 3.63) is 0 Å². The van der Waals surface area contributed by atoms with E-state index in [0.29, 0.717) is 13.2 Å². The number of amides is 1. The van der Waals surface area contributed by atoms with Crippen LogP contribution >= 0.6 is 0 Å². The van der Waals surface area contributed by atoms with Gasteiger partial charge in [0.2, 0.25) is 5.91 Å². The van der Waals surface area contributed by atoms with Gasteiger partial charge in [-0.05, 0) is 26.7 Å². The highest BCUT2D eigenvalue weighted by molar-refractivity contribution is 5.81. The fourth-order valence-electron chi connectivity index (χ4n) is 1.80. The van der Waals surface area contributed by atoms with Crippen LogP contribution in [0.25, 0.3) is 0 Å². The fourth-order valence-corrected chi connectivity index (χ4v) is 1.80. The third kappa shape index (κ3) is 2.96. The number of rotatable bonds is 3. The van der Waals surface area contributed by atoms with Gasteiger partial charge in [-0.25, -0.2) is 0 Å². The summed E-state index contributed by atoms with van der Waals surface area (Å²) in [7, 11) is 0. The molecule has 4 nitrogen and oxygen atoms in total. The average molecular weight is 200 g/mol. The van der Waals surface area contributed by atoms with Crippen LogP contribution in [0.1, 0.15) is 26.7 Å². The van der Waals surface area contributed by atoms with Crippen LogP contribution in [0.5, 0.6) is 0 Å². The minimum atomic E-state index is -0.393. The molecule has 82 valence electrons. The number of carbonyl (C=O) groups excluding carboxylic acids is 1. The molecule has 0 bridgehead atoms. The van der Waals surface area contributed by atoms with Gasteiger partial charge in [0.1, 0.15) is 0 Å². The molecule has 0 spiro atoms. The highest BCUT2D eigenvalue weighted by Crippen LogP contribution is 2.13. The van der Waals surface area contributed by atoms with Gasteiger partial charge in [-0.15, -0.1) is 0 Å². The summed E-state index contributed by atoms with van der Waals surface area (Å²) in [5.74, 6) is 0.0365. The zero-order valence-electron chi connectivity index (χ0n) is 9.03. The zero-order chi connectivity index (χ0) is 10.6. The van der Waals surface area contributed by atoms with Crippen molar-refractivity contribution in [3.8, 4) is 0 Å². The number of likely N-dealkylation sites (tertiary alicyclic amines) is 1. The Bertz CT molecular complexity index is 193. The molecule has 1 fully saturated rings. The normalized spacial score (nSPS) is 24.8. The molecule has 0 radical (unpaired) electrons. The van der Waals surface area contributed by atoms with E-state index in [4.69, 9.17) is 10.5 Å². The molecular weight excluding hydrogens is 180 g/mol. The molecule has 14 heavy (non-hydrogen) atoms. The molecule has 1 aliphatic heterocycles. The monoisotopic (exact) mass is 200 g/mol. The van der Waals surface area contributed by atoms with Gasteiger partial charge in [0.05, 0.1) is 12.1 Å². The predicted molar refractivity (Wildman–Crippen MR) is 54.9 cm³/mol. The van der Waals surface area contributed by atoms with E-state index < -0.39 is 6.04 Å². The average Bonchev–Trinajstić information content (AvgIpc) is 2.17. The molecule has 2 unspecified atom stereocenters. The smallest absolute Gasteiger partial charge is 0.239 e. The van der Waals surface area contributed by atoms with E-state index in [0.717, 1.165) is 19.4 Å². The molecule has 0 aromatic carbocycles. The van der Waals surface area contributed by atoms with Gasteiger partial charge >= 0.3 is 0 Å². The maximum atomic E-state index is 11.6. The second-order valence-corrected chi connectivity index (χ2v) is 3.79. The lowest BCUT2D eigenvalue weighted by Crippen LogP contribution is -2.48. The number of carbonyl (C=O) groups is 1. The van der Waals surface area contributed by atoms with Crippen LogP contribution in [0.15, 0.2) is 0 Å². The Kier molecular flexibility index (Phi) is 4.35. The minimum Gasteiger partial charge on any atom is -0.377 e. The molecule has 0 aromatic heterocycles. The van der Waals surface area contributed by atoms with E-state index >= 15 is 0 Å². The van der Waals surface area contributed by atoms with Crippen LogP contribution in [-0.4, -0.2) is 42.6 Å². The first-order valence-electron chi connectivity index (χ1n) is 5.31. The first-order chi connectivity index (χ1) is 6.65. The first-order valence-corrected chi connectivity index (χ1v) is 5.31. The van der Waals surface area contributed by atoms with Crippen LogP contribution in [0.2, 0.25) is 0 Å². The van der Waals surface area contributed by atoms with Crippen molar-refractivity contribution in [1.29, 1.82) is 0 Å². The standard InChI is InChI=1S/C10H20N2O2/c1-3-14-9-5-4-6-12(7-9)10(13)8(2)11/h8-9H,3-7,11H2,1-2H3. The van der Waals surface area contributed by atoms with Crippen LogP contribution in [0.4, 0.5) is 0 Å². The first kappa shape index (κ1) is 11.5. The van der Waals surface area contributed by atoms with Crippen molar-refractivity contribution < 1.29 is 9.53 Å². The summed E-state index contributed by atoms with van der Waals surface area (Å²) >= 11 is 0. The van der Waals surface area contributed by atoms with Crippen LogP contribution in [-0.2, 0) is 9.53 Å². The van der Waals surface area contributed by atoms with Gasteiger partial charge in [-0.3, -0.25) is 4.79 Å². The van der Waals surface area contributed by atoms with Crippen molar-refractivity contribution in [1.82, 2.24) is 4.90 Å². The van der Waals surface area contributed by atoms with E-state index in [1.54, 1.807) is 6.92 Å². The highest BCUT2D eigenvalue weighted by Gasteiger charge is 2.25. The molecule has 0 aromatic rings. The van der Waals surface area contributed by atoms with Crippen LogP contribution < -0.4 is 5.73 Å². The largest absolute Gasteiger partial charge is 0.377 e. The maximum absolute atomic E-state index is 11.6. The molecular formula is C10H20N2O2. The van der Waals surface area contributed by atoms with Gasteiger partial charge in [0.25, 0.3) is 0 Å². The third-order valence-electron chi connectivity index (χ3n) is 2.48. The number of nitrogens with two attached hydrogens (primary N) is 1. The van der Waals surface area contributed by atoms with E-state index in [9.17, 15) is 4.79 Å². The van der Waals surface area contributed by atoms with Gasteiger partial charge in [-0.2, -0.15) is 0 Å². The summed E-state index contributed by atoms with van der Waals surface area (Å²) < 4.78 is 5.51.